The van der Waals surface area contributed by atoms with Crippen LogP contribution in [0.4, 0.5) is 0 Å². The van der Waals surface area contributed by atoms with E-state index in [0.717, 1.165) is 16.7 Å². The van der Waals surface area contributed by atoms with Crippen LogP contribution in [-0.4, -0.2) is 38.1 Å². The fourth-order valence-corrected chi connectivity index (χ4v) is 4.10. The molecular weight excluding hydrogens is 384 g/mol. The molecular formula is C24H24O6. The van der Waals surface area contributed by atoms with E-state index in [4.69, 9.17) is 18.9 Å². The van der Waals surface area contributed by atoms with Crippen LogP contribution in [0, 0.1) is 0 Å². The van der Waals surface area contributed by atoms with E-state index in [1.54, 1.807) is 45.6 Å². The van der Waals surface area contributed by atoms with Gasteiger partial charge in [-0.2, -0.15) is 0 Å². The molecule has 1 aliphatic rings. The Morgan fingerprint density at radius 3 is 2.00 bits per heavy atom. The summed E-state index contributed by atoms with van der Waals surface area (Å²) in [5.41, 5.74) is 2.96. The quantitative estimate of drug-likeness (QED) is 0.650. The summed E-state index contributed by atoms with van der Waals surface area (Å²) in [4.78, 5) is 0. The number of rotatable bonds is 5. The van der Waals surface area contributed by atoms with Crippen molar-refractivity contribution in [3.63, 3.8) is 0 Å². The van der Waals surface area contributed by atoms with Crippen molar-refractivity contribution in [3.05, 3.63) is 71.3 Å². The number of fused-ring (bicyclic) bond motifs is 1. The SMILES string of the molecule is COc1cc(C2COc3cc(O)ccc3C2c2ccc(O)cc2)cc(OC)c1OC. The molecule has 0 radical (unpaired) electrons. The molecule has 3 aromatic carbocycles. The van der Waals surface area contributed by atoms with E-state index >= 15 is 0 Å². The molecule has 0 saturated carbocycles. The van der Waals surface area contributed by atoms with Gasteiger partial charge >= 0.3 is 0 Å². The molecule has 6 nitrogen and oxygen atoms in total. The van der Waals surface area contributed by atoms with Crippen molar-refractivity contribution < 1.29 is 29.2 Å². The summed E-state index contributed by atoms with van der Waals surface area (Å²) in [5.74, 6) is 2.59. The van der Waals surface area contributed by atoms with Gasteiger partial charge in [0.1, 0.15) is 17.2 Å². The molecule has 0 aromatic heterocycles. The van der Waals surface area contributed by atoms with Gasteiger partial charge in [0.15, 0.2) is 11.5 Å². The molecule has 1 heterocycles. The van der Waals surface area contributed by atoms with E-state index in [0.29, 0.717) is 29.6 Å². The van der Waals surface area contributed by atoms with Crippen LogP contribution in [0.1, 0.15) is 28.5 Å². The van der Waals surface area contributed by atoms with Gasteiger partial charge < -0.3 is 29.2 Å². The first kappa shape index (κ1) is 19.8. The number of hydrogen-bond acceptors (Lipinski definition) is 6. The number of aromatic hydroxyl groups is 2. The lowest BCUT2D eigenvalue weighted by Crippen LogP contribution is -2.25. The van der Waals surface area contributed by atoms with Crippen LogP contribution in [0.3, 0.4) is 0 Å². The third kappa shape index (κ3) is 3.45. The van der Waals surface area contributed by atoms with Gasteiger partial charge in [-0.15, -0.1) is 0 Å². The summed E-state index contributed by atoms with van der Waals surface area (Å²) >= 11 is 0. The van der Waals surface area contributed by atoms with Gasteiger partial charge in [0.2, 0.25) is 5.75 Å². The second-order valence-electron chi connectivity index (χ2n) is 7.17. The molecule has 6 heteroatoms. The smallest absolute Gasteiger partial charge is 0.203 e. The first-order valence-corrected chi connectivity index (χ1v) is 9.60. The number of phenolic OH excluding ortho intramolecular Hbond substituents is 2. The Kier molecular flexibility index (Phi) is 5.31. The molecule has 2 atom stereocenters. The Labute approximate surface area is 175 Å². The van der Waals surface area contributed by atoms with Gasteiger partial charge in [0, 0.05) is 23.5 Å². The number of phenols is 2. The van der Waals surface area contributed by atoms with Crippen LogP contribution >= 0.6 is 0 Å². The average molecular weight is 408 g/mol. The van der Waals surface area contributed by atoms with Crippen molar-refractivity contribution in [3.8, 4) is 34.5 Å². The van der Waals surface area contributed by atoms with Crippen molar-refractivity contribution >= 4 is 0 Å². The molecule has 0 spiro atoms. The second kappa shape index (κ2) is 8.06. The molecule has 4 rings (SSSR count). The summed E-state index contributed by atoms with van der Waals surface area (Å²) in [6.07, 6.45) is 0. The van der Waals surface area contributed by atoms with Crippen molar-refractivity contribution in [1.82, 2.24) is 0 Å². The van der Waals surface area contributed by atoms with E-state index in [-0.39, 0.29) is 23.3 Å². The Morgan fingerprint density at radius 1 is 0.767 bits per heavy atom. The molecule has 156 valence electrons. The maximum Gasteiger partial charge on any atom is 0.203 e. The first-order valence-electron chi connectivity index (χ1n) is 9.60. The number of benzene rings is 3. The average Bonchev–Trinajstić information content (AvgIpc) is 2.77. The maximum atomic E-state index is 9.90. The minimum Gasteiger partial charge on any atom is -0.508 e. The predicted octanol–water partition coefficient (Wildman–Crippen LogP) is 4.43. The van der Waals surface area contributed by atoms with E-state index in [2.05, 4.69) is 0 Å². The highest BCUT2D eigenvalue weighted by Crippen LogP contribution is 2.49. The molecule has 1 aliphatic heterocycles. The lowest BCUT2D eigenvalue weighted by molar-refractivity contribution is 0.246. The van der Waals surface area contributed by atoms with Gasteiger partial charge in [-0.1, -0.05) is 18.2 Å². The van der Waals surface area contributed by atoms with Crippen LogP contribution in [0.15, 0.2) is 54.6 Å². The van der Waals surface area contributed by atoms with Gasteiger partial charge in [-0.3, -0.25) is 0 Å². The minimum atomic E-state index is -0.0576. The van der Waals surface area contributed by atoms with Crippen LogP contribution in [0.25, 0.3) is 0 Å². The lowest BCUT2D eigenvalue weighted by Gasteiger charge is -2.35. The van der Waals surface area contributed by atoms with Gasteiger partial charge in [-0.05, 0) is 41.5 Å². The van der Waals surface area contributed by atoms with Crippen molar-refractivity contribution in [2.45, 2.75) is 11.8 Å². The van der Waals surface area contributed by atoms with Gasteiger partial charge in [-0.25, -0.2) is 0 Å². The fourth-order valence-electron chi connectivity index (χ4n) is 4.10. The highest BCUT2D eigenvalue weighted by molar-refractivity contribution is 5.57. The third-order valence-electron chi connectivity index (χ3n) is 5.52. The summed E-state index contributed by atoms with van der Waals surface area (Å²) < 4.78 is 22.6. The molecule has 0 aliphatic carbocycles. The van der Waals surface area contributed by atoms with Crippen molar-refractivity contribution in [1.29, 1.82) is 0 Å². The summed E-state index contributed by atoms with van der Waals surface area (Å²) in [6, 6.07) is 16.2. The highest BCUT2D eigenvalue weighted by atomic mass is 16.5. The largest absolute Gasteiger partial charge is 0.508 e. The van der Waals surface area contributed by atoms with E-state index in [1.807, 2.05) is 30.3 Å². The van der Waals surface area contributed by atoms with Crippen LogP contribution in [0.2, 0.25) is 0 Å². The maximum absolute atomic E-state index is 9.90. The zero-order chi connectivity index (χ0) is 21.3. The number of hydrogen-bond donors (Lipinski definition) is 2. The normalized spacial score (nSPS) is 17.6. The highest BCUT2D eigenvalue weighted by Gasteiger charge is 2.35. The zero-order valence-electron chi connectivity index (χ0n) is 17.1. The molecule has 2 unspecified atom stereocenters. The zero-order valence-corrected chi connectivity index (χ0v) is 17.1. The summed E-state index contributed by atoms with van der Waals surface area (Å²) in [7, 11) is 4.76. The van der Waals surface area contributed by atoms with Crippen LogP contribution in [0.5, 0.6) is 34.5 Å². The topological polar surface area (TPSA) is 77.4 Å². The Morgan fingerprint density at radius 2 is 1.40 bits per heavy atom. The van der Waals surface area contributed by atoms with E-state index in [1.165, 1.54) is 0 Å². The number of methoxy groups -OCH3 is 3. The Balaban J connectivity index is 1.88. The Bertz CT molecular complexity index is 1020. The summed E-state index contributed by atoms with van der Waals surface area (Å²) in [5, 5.41) is 19.7. The van der Waals surface area contributed by atoms with E-state index < -0.39 is 0 Å². The lowest BCUT2D eigenvalue weighted by atomic mass is 9.75. The van der Waals surface area contributed by atoms with Gasteiger partial charge in [0.25, 0.3) is 0 Å². The van der Waals surface area contributed by atoms with Gasteiger partial charge in [0.05, 0.1) is 27.9 Å². The van der Waals surface area contributed by atoms with Crippen molar-refractivity contribution in [2.24, 2.45) is 0 Å². The first-order chi connectivity index (χ1) is 14.5. The van der Waals surface area contributed by atoms with E-state index in [9.17, 15) is 10.2 Å². The molecule has 2 N–H and O–H groups in total. The standard InChI is InChI=1S/C24H24O6/c1-27-21-10-15(11-22(28-2)24(21)29-3)19-13-30-20-12-17(26)8-9-18(20)23(19)14-4-6-16(25)7-5-14/h4-12,19,23,25-26H,13H2,1-3H3. The molecule has 0 amide bonds. The van der Waals surface area contributed by atoms with Crippen molar-refractivity contribution in [2.75, 3.05) is 27.9 Å². The monoisotopic (exact) mass is 408 g/mol. The second-order valence-corrected chi connectivity index (χ2v) is 7.17. The number of ether oxygens (including phenoxy) is 4. The van der Waals surface area contributed by atoms with Crippen LogP contribution in [-0.2, 0) is 0 Å². The predicted molar refractivity (Wildman–Crippen MR) is 112 cm³/mol. The third-order valence-corrected chi connectivity index (χ3v) is 5.52. The molecule has 3 aromatic rings. The summed E-state index contributed by atoms with van der Waals surface area (Å²) in [6.45, 7) is 0.403. The molecule has 0 fully saturated rings. The Hall–Kier alpha value is -3.54. The van der Waals surface area contributed by atoms with Crippen LogP contribution < -0.4 is 18.9 Å². The molecule has 30 heavy (non-hydrogen) atoms. The minimum absolute atomic E-state index is 0.0553. The molecule has 0 bridgehead atoms. The fraction of sp³-hybridized carbons (Fsp3) is 0.250. The molecule has 0 saturated heterocycles.